The lowest BCUT2D eigenvalue weighted by Gasteiger charge is -2.30. The average Bonchev–Trinajstić information content (AvgIpc) is 2.79. The van der Waals surface area contributed by atoms with Gasteiger partial charge in [0.2, 0.25) is 0 Å². The first-order valence-corrected chi connectivity index (χ1v) is 11.5. The third kappa shape index (κ3) is 5.94. The van der Waals surface area contributed by atoms with Crippen LogP contribution in [0.25, 0.3) is 0 Å². The number of nitrogens with one attached hydrogen (secondary N) is 1. The molecule has 0 radical (unpaired) electrons. The van der Waals surface area contributed by atoms with E-state index in [0.717, 1.165) is 57.6 Å². The second kappa shape index (κ2) is 10.4. The Balaban J connectivity index is 1.28. The topological polar surface area (TPSA) is 61.8 Å². The summed E-state index contributed by atoms with van der Waals surface area (Å²) in [5.41, 5.74) is 5.62. The highest BCUT2D eigenvalue weighted by Crippen LogP contribution is 2.22. The molecule has 2 aliphatic heterocycles. The number of nitrogens with zero attached hydrogens (tertiary/aromatic N) is 1. The molecule has 2 aromatic carbocycles. The Kier molecular flexibility index (Phi) is 7.38. The maximum Gasteiger partial charge on any atom is 0.251 e. The van der Waals surface area contributed by atoms with Gasteiger partial charge < -0.3 is 15.2 Å². The Morgan fingerprint density at radius 2 is 1.97 bits per heavy atom. The molecule has 4 rings (SSSR count). The number of fused-ring (bicyclic) bond motifs is 1. The standard InChI is InChI=1S/C26H34N2O3/c1-19-6-7-21(14-20-9-12-31-13-10-20)15-25(19)26(30)27-16-24(29)18-28-11-8-22-4-2-3-5-23(22)17-28/h2-7,15,20,24,29H,8-14,16-18H2,1H3,(H,27,30). The zero-order chi connectivity index (χ0) is 21.6. The summed E-state index contributed by atoms with van der Waals surface area (Å²) in [6.45, 7) is 6.27. The van der Waals surface area contributed by atoms with Crippen LogP contribution >= 0.6 is 0 Å². The van der Waals surface area contributed by atoms with Gasteiger partial charge in [0.15, 0.2) is 0 Å². The summed E-state index contributed by atoms with van der Waals surface area (Å²) in [7, 11) is 0. The maximum atomic E-state index is 12.8. The van der Waals surface area contributed by atoms with Crippen LogP contribution in [-0.4, -0.2) is 54.9 Å². The van der Waals surface area contributed by atoms with Gasteiger partial charge in [-0.05, 0) is 66.8 Å². The van der Waals surface area contributed by atoms with Gasteiger partial charge in [0.1, 0.15) is 0 Å². The number of ether oxygens (including phenoxy) is 1. The summed E-state index contributed by atoms with van der Waals surface area (Å²) >= 11 is 0. The number of aliphatic hydroxyl groups is 1. The molecule has 0 aromatic heterocycles. The van der Waals surface area contributed by atoms with Gasteiger partial charge in [-0.3, -0.25) is 9.69 Å². The van der Waals surface area contributed by atoms with Crippen molar-refractivity contribution in [2.75, 3.05) is 32.8 Å². The van der Waals surface area contributed by atoms with Gasteiger partial charge in [-0.2, -0.15) is 0 Å². The molecule has 0 aliphatic carbocycles. The minimum absolute atomic E-state index is 0.102. The molecule has 1 amide bonds. The molecule has 1 saturated heterocycles. The zero-order valence-electron chi connectivity index (χ0n) is 18.5. The molecule has 5 heteroatoms. The van der Waals surface area contributed by atoms with E-state index in [2.05, 4.69) is 40.5 Å². The minimum Gasteiger partial charge on any atom is -0.390 e. The summed E-state index contributed by atoms with van der Waals surface area (Å²) in [6.07, 6.45) is 3.59. The van der Waals surface area contributed by atoms with Crippen molar-refractivity contribution in [1.29, 1.82) is 0 Å². The normalized spacial score (nSPS) is 18.4. The number of β-amino-alcohol motifs (C(OH)–C–C–N with tert-alkyl or cyclic N) is 1. The highest BCUT2D eigenvalue weighted by Gasteiger charge is 2.20. The minimum atomic E-state index is -0.583. The van der Waals surface area contributed by atoms with E-state index in [0.29, 0.717) is 18.0 Å². The molecule has 0 spiro atoms. The average molecular weight is 423 g/mol. The molecule has 166 valence electrons. The summed E-state index contributed by atoms with van der Waals surface area (Å²) in [6, 6.07) is 14.7. The van der Waals surface area contributed by atoms with Crippen LogP contribution in [-0.2, 0) is 24.1 Å². The van der Waals surface area contributed by atoms with Crippen molar-refractivity contribution in [3.63, 3.8) is 0 Å². The van der Waals surface area contributed by atoms with E-state index in [1.807, 2.05) is 19.1 Å². The predicted octanol–water partition coefficient (Wildman–Crippen LogP) is 3.11. The Morgan fingerprint density at radius 1 is 1.19 bits per heavy atom. The molecule has 1 unspecified atom stereocenters. The third-order valence-electron chi connectivity index (χ3n) is 6.59. The zero-order valence-corrected chi connectivity index (χ0v) is 18.5. The molecule has 1 fully saturated rings. The van der Waals surface area contributed by atoms with Crippen molar-refractivity contribution in [2.24, 2.45) is 5.92 Å². The number of hydrogen-bond donors (Lipinski definition) is 2. The first-order valence-electron chi connectivity index (χ1n) is 11.5. The van der Waals surface area contributed by atoms with Crippen LogP contribution in [0.2, 0.25) is 0 Å². The number of hydrogen-bond acceptors (Lipinski definition) is 4. The number of benzene rings is 2. The molecule has 2 N–H and O–H groups in total. The van der Waals surface area contributed by atoms with E-state index in [-0.39, 0.29) is 12.5 Å². The van der Waals surface area contributed by atoms with Crippen molar-refractivity contribution in [3.05, 3.63) is 70.3 Å². The van der Waals surface area contributed by atoms with Crippen molar-refractivity contribution in [1.82, 2.24) is 10.2 Å². The number of aryl methyl sites for hydroxylation is 1. The summed E-state index contributed by atoms with van der Waals surface area (Å²) < 4.78 is 5.45. The molecule has 1 atom stereocenters. The van der Waals surface area contributed by atoms with Crippen molar-refractivity contribution >= 4 is 5.91 Å². The van der Waals surface area contributed by atoms with E-state index < -0.39 is 6.10 Å². The molecule has 0 bridgehead atoms. The lowest BCUT2D eigenvalue weighted by atomic mass is 9.91. The van der Waals surface area contributed by atoms with Crippen LogP contribution < -0.4 is 5.32 Å². The fourth-order valence-corrected chi connectivity index (χ4v) is 4.70. The highest BCUT2D eigenvalue weighted by molar-refractivity contribution is 5.95. The van der Waals surface area contributed by atoms with Crippen LogP contribution in [0.4, 0.5) is 0 Å². The quantitative estimate of drug-likeness (QED) is 0.720. The van der Waals surface area contributed by atoms with Crippen LogP contribution in [0, 0.1) is 12.8 Å². The predicted molar refractivity (Wildman–Crippen MR) is 122 cm³/mol. The number of aliphatic hydroxyl groups excluding tert-OH is 1. The summed E-state index contributed by atoms with van der Waals surface area (Å²) in [5, 5.41) is 13.5. The lowest BCUT2D eigenvalue weighted by molar-refractivity contribution is 0.0665. The van der Waals surface area contributed by atoms with Crippen molar-refractivity contribution in [2.45, 2.75) is 45.3 Å². The first-order chi connectivity index (χ1) is 15.1. The van der Waals surface area contributed by atoms with E-state index in [4.69, 9.17) is 4.74 Å². The molecular weight excluding hydrogens is 388 g/mol. The van der Waals surface area contributed by atoms with Gasteiger partial charge in [-0.15, -0.1) is 0 Å². The smallest absolute Gasteiger partial charge is 0.251 e. The lowest BCUT2D eigenvalue weighted by Crippen LogP contribution is -2.42. The molecule has 5 nitrogen and oxygen atoms in total. The van der Waals surface area contributed by atoms with Crippen molar-refractivity contribution < 1.29 is 14.6 Å². The number of carbonyl (C=O) groups excluding carboxylic acids is 1. The molecule has 31 heavy (non-hydrogen) atoms. The van der Waals surface area contributed by atoms with Crippen LogP contribution in [0.5, 0.6) is 0 Å². The fraction of sp³-hybridized carbons (Fsp3) is 0.500. The van der Waals surface area contributed by atoms with Crippen LogP contribution in [0.1, 0.15) is 45.5 Å². The van der Waals surface area contributed by atoms with Crippen molar-refractivity contribution in [3.8, 4) is 0 Å². The summed E-state index contributed by atoms with van der Waals surface area (Å²) in [4.78, 5) is 15.1. The Morgan fingerprint density at radius 3 is 2.77 bits per heavy atom. The molecule has 2 aliphatic rings. The maximum absolute atomic E-state index is 12.8. The van der Waals surface area contributed by atoms with E-state index in [1.54, 1.807) is 0 Å². The van der Waals surface area contributed by atoms with Gasteiger partial charge in [-0.25, -0.2) is 0 Å². The van der Waals surface area contributed by atoms with E-state index in [1.165, 1.54) is 16.7 Å². The highest BCUT2D eigenvalue weighted by atomic mass is 16.5. The van der Waals surface area contributed by atoms with Gasteiger partial charge >= 0.3 is 0 Å². The molecular formula is C26H34N2O3. The summed E-state index contributed by atoms with van der Waals surface area (Å²) in [5.74, 6) is 0.526. The SMILES string of the molecule is Cc1ccc(CC2CCOCC2)cc1C(=O)NCC(O)CN1CCc2ccccc2C1. The molecule has 2 heterocycles. The Hall–Kier alpha value is -2.21. The largest absolute Gasteiger partial charge is 0.390 e. The van der Waals surface area contributed by atoms with Gasteiger partial charge in [0.05, 0.1) is 6.10 Å². The molecule has 2 aromatic rings. The number of carbonyl (C=O) groups is 1. The van der Waals surface area contributed by atoms with E-state index in [9.17, 15) is 9.90 Å². The third-order valence-corrected chi connectivity index (χ3v) is 6.59. The number of amides is 1. The number of rotatable bonds is 7. The Bertz CT molecular complexity index is 892. The Labute approximate surface area is 185 Å². The second-order valence-corrected chi connectivity index (χ2v) is 9.03. The van der Waals surface area contributed by atoms with E-state index >= 15 is 0 Å². The van der Waals surface area contributed by atoms with Gasteiger partial charge in [0.25, 0.3) is 5.91 Å². The molecule has 0 saturated carbocycles. The van der Waals surface area contributed by atoms with Gasteiger partial charge in [-0.1, -0.05) is 36.4 Å². The second-order valence-electron chi connectivity index (χ2n) is 9.03. The monoisotopic (exact) mass is 422 g/mol. The van der Waals surface area contributed by atoms with Crippen LogP contribution in [0.15, 0.2) is 42.5 Å². The first kappa shape index (κ1) is 22.0. The van der Waals surface area contributed by atoms with Gasteiger partial charge in [0, 0.05) is 45.0 Å². The fourth-order valence-electron chi connectivity index (χ4n) is 4.70. The van der Waals surface area contributed by atoms with Crippen LogP contribution in [0.3, 0.4) is 0 Å².